The zero-order valence-corrected chi connectivity index (χ0v) is 12.1. The van der Waals surface area contributed by atoms with Gasteiger partial charge in [-0.05, 0) is 12.8 Å². The van der Waals surface area contributed by atoms with Crippen molar-refractivity contribution < 1.29 is 28.8 Å². The summed E-state index contributed by atoms with van der Waals surface area (Å²) < 4.78 is 0. The van der Waals surface area contributed by atoms with Crippen LogP contribution in [0.15, 0.2) is 12.2 Å². The molecule has 8 heteroatoms. The van der Waals surface area contributed by atoms with Crippen LogP contribution < -0.4 is 0 Å². The minimum Gasteiger partial charge on any atom is -0.330 e. The largest absolute Gasteiger partial charge is 0.333 e. The van der Waals surface area contributed by atoms with Crippen molar-refractivity contribution in [2.24, 2.45) is 5.92 Å². The third kappa shape index (κ3) is 3.21. The van der Waals surface area contributed by atoms with E-state index >= 15 is 0 Å². The van der Waals surface area contributed by atoms with E-state index < -0.39 is 35.5 Å². The summed E-state index contributed by atoms with van der Waals surface area (Å²) in [6.45, 7) is 1.86. The van der Waals surface area contributed by atoms with Gasteiger partial charge < -0.3 is 4.84 Å². The molecule has 2 aliphatic rings. The number of nitrogens with zero attached hydrogens (tertiary/aromatic N) is 2. The van der Waals surface area contributed by atoms with Gasteiger partial charge in [0.05, 0.1) is 5.92 Å². The van der Waals surface area contributed by atoms with Crippen LogP contribution in [0.5, 0.6) is 0 Å². The first kappa shape index (κ1) is 15.9. The fraction of sp³-hybridized carbons (Fsp3) is 0.500. The summed E-state index contributed by atoms with van der Waals surface area (Å²) in [5.74, 6) is -3.06. The van der Waals surface area contributed by atoms with Gasteiger partial charge in [-0.1, -0.05) is 6.92 Å². The quantitative estimate of drug-likeness (QED) is 0.637. The molecule has 0 N–H and O–H groups in total. The van der Waals surface area contributed by atoms with Crippen molar-refractivity contribution in [1.29, 1.82) is 0 Å². The van der Waals surface area contributed by atoms with Crippen molar-refractivity contribution >= 4 is 29.6 Å². The Morgan fingerprint density at radius 1 is 1.23 bits per heavy atom. The second-order valence-electron chi connectivity index (χ2n) is 5.06. The topological polar surface area (TPSA) is 101 Å². The van der Waals surface area contributed by atoms with Crippen molar-refractivity contribution in [3.63, 3.8) is 0 Å². The maximum absolute atomic E-state index is 11.8. The van der Waals surface area contributed by atoms with Gasteiger partial charge in [0.25, 0.3) is 23.6 Å². The maximum Gasteiger partial charge on any atom is 0.333 e. The van der Waals surface area contributed by atoms with E-state index in [1.807, 2.05) is 0 Å². The van der Waals surface area contributed by atoms with Crippen LogP contribution in [0.3, 0.4) is 0 Å². The number of hydrogen-bond acceptors (Lipinski definition) is 6. The summed E-state index contributed by atoms with van der Waals surface area (Å²) in [5, 5.41) is 0.518. The second kappa shape index (κ2) is 6.50. The fourth-order valence-corrected chi connectivity index (χ4v) is 2.27. The van der Waals surface area contributed by atoms with E-state index in [4.69, 9.17) is 4.84 Å². The molecular formula is C14H16N2O6. The molecule has 8 nitrogen and oxygen atoms in total. The molecular weight excluding hydrogens is 292 g/mol. The lowest BCUT2D eigenvalue weighted by Gasteiger charge is -2.15. The van der Waals surface area contributed by atoms with E-state index in [9.17, 15) is 24.0 Å². The summed E-state index contributed by atoms with van der Waals surface area (Å²) in [7, 11) is 0. The highest BCUT2D eigenvalue weighted by atomic mass is 16.7. The van der Waals surface area contributed by atoms with Gasteiger partial charge in [0, 0.05) is 31.5 Å². The molecule has 118 valence electrons. The van der Waals surface area contributed by atoms with Crippen LogP contribution in [0.25, 0.3) is 0 Å². The number of hydrogen-bond donors (Lipinski definition) is 0. The zero-order valence-electron chi connectivity index (χ0n) is 12.1. The molecule has 0 aromatic carbocycles. The van der Waals surface area contributed by atoms with Crippen LogP contribution in [-0.2, 0) is 28.8 Å². The van der Waals surface area contributed by atoms with Crippen molar-refractivity contribution in [1.82, 2.24) is 9.96 Å². The van der Waals surface area contributed by atoms with Gasteiger partial charge in [0.1, 0.15) is 0 Å². The molecule has 0 spiro atoms. The van der Waals surface area contributed by atoms with Gasteiger partial charge in [0.15, 0.2) is 0 Å². The molecule has 2 aliphatic heterocycles. The summed E-state index contributed by atoms with van der Waals surface area (Å²) in [4.78, 5) is 63.4. The van der Waals surface area contributed by atoms with E-state index in [0.29, 0.717) is 11.5 Å². The van der Waals surface area contributed by atoms with Crippen LogP contribution in [0.4, 0.5) is 0 Å². The summed E-state index contributed by atoms with van der Waals surface area (Å²) >= 11 is 0. The third-order valence-electron chi connectivity index (χ3n) is 3.55. The summed E-state index contributed by atoms with van der Waals surface area (Å²) in [5.41, 5.74) is 0. The number of carbonyl (C=O) groups is 5. The second-order valence-corrected chi connectivity index (χ2v) is 5.06. The van der Waals surface area contributed by atoms with Gasteiger partial charge in [-0.3, -0.25) is 24.1 Å². The number of imide groups is 2. The maximum atomic E-state index is 11.8. The predicted molar refractivity (Wildman–Crippen MR) is 71.4 cm³/mol. The van der Waals surface area contributed by atoms with Crippen LogP contribution in [0, 0.1) is 5.92 Å². The van der Waals surface area contributed by atoms with Crippen molar-refractivity contribution in [2.45, 2.75) is 32.6 Å². The highest BCUT2D eigenvalue weighted by molar-refractivity contribution is 6.12. The van der Waals surface area contributed by atoms with Gasteiger partial charge in [0.2, 0.25) is 0 Å². The van der Waals surface area contributed by atoms with E-state index in [1.165, 1.54) is 0 Å². The van der Waals surface area contributed by atoms with Crippen LogP contribution >= 0.6 is 0 Å². The minimum atomic E-state index is -0.745. The lowest BCUT2D eigenvalue weighted by Crippen LogP contribution is -2.34. The molecule has 0 bridgehead atoms. The first-order valence-electron chi connectivity index (χ1n) is 7.05. The monoisotopic (exact) mass is 308 g/mol. The van der Waals surface area contributed by atoms with Crippen LogP contribution in [0.1, 0.15) is 32.6 Å². The Hall–Kier alpha value is -2.51. The van der Waals surface area contributed by atoms with Crippen LogP contribution in [0.2, 0.25) is 0 Å². The Bertz CT molecular complexity index is 550. The lowest BCUT2D eigenvalue weighted by molar-refractivity contribution is -0.198. The number of hydroxylamine groups is 2. The summed E-state index contributed by atoms with van der Waals surface area (Å²) in [6, 6.07) is 0. The van der Waals surface area contributed by atoms with E-state index in [0.717, 1.165) is 17.1 Å². The first-order valence-corrected chi connectivity index (χ1v) is 7.05. The highest BCUT2D eigenvalue weighted by Crippen LogP contribution is 2.22. The Kier molecular flexibility index (Phi) is 4.69. The number of amides is 4. The highest BCUT2D eigenvalue weighted by Gasteiger charge is 2.40. The Morgan fingerprint density at radius 2 is 1.86 bits per heavy atom. The van der Waals surface area contributed by atoms with Gasteiger partial charge in [-0.2, -0.15) is 0 Å². The lowest BCUT2D eigenvalue weighted by atomic mass is 10.1. The molecule has 0 saturated carbocycles. The van der Waals surface area contributed by atoms with E-state index in [1.54, 1.807) is 6.92 Å². The molecule has 0 aromatic rings. The minimum absolute atomic E-state index is 0.0467. The SMILES string of the molecule is CCC1CC(=O)N(OC(=O)CCCN2C(=O)C=CC2=O)C1=O. The average Bonchev–Trinajstić information content (AvgIpc) is 2.94. The number of carbonyl (C=O) groups excluding carboxylic acids is 5. The molecule has 2 heterocycles. The smallest absolute Gasteiger partial charge is 0.330 e. The van der Waals surface area contributed by atoms with Crippen molar-refractivity contribution in [2.75, 3.05) is 6.54 Å². The third-order valence-corrected chi connectivity index (χ3v) is 3.55. The van der Waals surface area contributed by atoms with Gasteiger partial charge in [-0.25, -0.2) is 4.79 Å². The fourth-order valence-electron chi connectivity index (χ4n) is 2.27. The van der Waals surface area contributed by atoms with Crippen LogP contribution in [-0.4, -0.2) is 46.1 Å². The molecule has 0 aliphatic carbocycles. The Labute approximate surface area is 126 Å². The van der Waals surface area contributed by atoms with E-state index in [2.05, 4.69) is 0 Å². The Morgan fingerprint density at radius 3 is 2.41 bits per heavy atom. The zero-order chi connectivity index (χ0) is 16.3. The standard InChI is InChI=1S/C14H16N2O6/c1-2-9-8-12(19)16(14(9)21)22-13(20)4-3-7-15-10(17)5-6-11(15)18/h5-6,9H,2-4,7-8H2,1H3. The molecule has 1 saturated heterocycles. The predicted octanol–water partition coefficient (Wildman–Crippen LogP) is -0.0651. The molecule has 1 fully saturated rings. The van der Waals surface area contributed by atoms with Gasteiger partial charge in [-0.15, -0.1) is 5.06 Å². The molecule has 0 aromatic heterocycles. The molecule has 22 heavy (non-hydrogen) atoms. The molecule has 1 unspecified atom stereocenters. The molecule has 1 atom stereocenters. The average molecular weight is 308 g/mol. The van der Waals surface area contributed by atoms with Gasteiger partial charge >= 0.3 is 5.97 Å². The molecule has 4 amide bonds. The summed E-state index contributed by atoms with van der Waals surface area (Å²) in [6.07, 6.45) is 2.96. The molecule has 2 rings (SSSR count). The van der Waals surface area contributed by atoms with Crippen molar-refractivity contribution in [3.05, 3.63) is 12.2 Å². The molecule has 0 radical (unpaired) electrons. The normalized spacial score (nSPS) is 21.2. The van der Waals surface area contributed by atoms with E-state index in [-0.39, 0.29) is 25.8 Å². The Balaban J connectivity index is 1.77. The van der Waals surface area contributed by atoms with Crippen molar-refractivity contribution in [3.8, 4) is 0 Å². The number of rotatable bonds is 6. The first-order chi connectivity index (χ1) is 10.4.